The number of halogens is 1. The molecule has 0 unspecified atom stereocenters. The highest BCUT2D eigenvalue weighted by Crippen LogP contribution is 2.13. The number of anilines is 1. The lowest BCUT2D eigenvalue weighted by Gasteiger charge is -2.05. The number of carbonyl (C=O) groups excluding carboxylic acids is 2. The maximum absolute atomic E-state index is 11.8. The second kappa shape index (κ2) is 5.74. The fourth-order valence-corrected chi connectivity index (χ4v) is 1.87. The Hall–Kier alpha value is -2.35. The van der Waals surface area contributed by atoms with E-state index in [-0.39, 0.29) is 18.0 Å². The number of aryl methyl sites for hydroxylation is 2. The number of nitrogens with two attached hydrogens (primary N) is 1. The lowest BCUT2D eigenvalue weighted by molar-refractivity contribution is -0.116. The third-order valence-corrected chi connectivity index (χ3v) is 2.81. The molecule has 2 heterocycles. The monoisotopic (exact) mass is 296 g/mol. The van der Waals surface area contributed by atoms with Crippen LogP contribution in [0.2, 0.25) is 5.02 Å². The van der Waals surface area contributed by atoms with Crippen LogP contribution in [0.25, 0.3) is 0 Å². The van der Waals surface area contributed by atoms with Crippen molar-refractivity contribution in [2.24, 2.45) is 12.8 Å². The average molecular weight is 297 g/mol. The van der Waals surface area contributed by atoms with E-state index in [0.717, 1.165) is 0 Å². The van der Waals surface area contributed by atoms with E-state index in [1.807, 2.05) is 0 Å². The first-order chi connectivity index (χ1) is 9.47. The van der Waals surface area contributed by atoms with Gasteiger partial charge in [0.1, 0.15) is 5.69 Å². The number of hydrogen-bond acceptors (Lipinski definition) is 4. The first-order valence-corrected chi connectivity index (χ1v) is 6.15. The SMILES string of the molecule is Cn1ncc(NC(=O)CCn2cc(Cl)cn2)c1C(N)=O. The van der Waals surface area contributed by atoms with Crippen LogP contribution in [0, 0.1) is 0 Å². The van der Waals surface area contributed by atoms with Crippen molar-refractivity contribution in [2.75, 3.05) is 5.32 Å². The molecular formula is C11H13ClN6O2. The minimum atomic E-state index is -0.654. The summed E-state index contributed by atoms with van der Waals surface area (Å²) in [4.78, 5) is 23.1. The second-order valence-corrected chi connectivity index (χ2v) is 4.55. The summed E-state index contributed by atoms with van der Waals surface area (Å²) >= 11 is 5.72. The minimum absolute atomic E-state index is 0.153. The highest BCUT2D eigenvalue weighted by molar-refractivity contribution is 6.30. The molecule has 0 aliphatic carbocycles. The summed E-state index contributed by atoms with van der Waals surface area (Å²) in [6.07, 6.45) is 4.67. The van der Waals surface area contributed by atoms with Crippen LogP contribution < -0.4 is 11.1 Å². The summed E-state index contributed by atoms with van der Waals surface area (Å²) in [5.74, 6) is -0.925. The Labute approximate surface area is 119 Å². The van der Waals surface area contributed by atoms with E-state index in [1.165, 1.54) is 17.1 Å². The third-order valence-electron chi connectivity index (χ3n) is 2.62. The summed E-state index contributed by atoms with van der Waals surface area (Å²) < 4.78 is 2.87. The van der Waals surface area contributed by atoms with E-state index in [9.17, 15) is 9.59 Å². The van der Waals surface area contributed by atoms with Crippen molar-refractivity contribution in [1.82, 2.24) is 19.6 Å². The van der Waals surface area contributed by atoms with Gasteiger partial charge in [-0.05, 0) is 0 Å². The van der Waals surface area contributed by atoms with Gasteiger partial charge in [0.25, 0.3) is 5.91 Å². The first-order valence-electron chi connectivity index (χ1n) is 5.77. The van der Waals surface area contributed by atoms with E-state index in [4.69, 9.17) is 17.3 Å². The van der Waals surface area contributed by atoms with Gasteiger partial charge in [-0.3, -0.25) is 19.0 Å². The van der Waals surface area contributed by atoms with Crippen LogP contribution in [-0.4, -0.2) is 31.4 Å². The quantitative estimate of drug-likeness (QED) is 0.832. The van der Waals surface area contributed by atoms with Gasteiger partial charge >= 0.3 is 0 Å². The molecule has 0 saturated heterocycles. The van der Waals surface area contributed by atoms with Crippen LogP contribution in [0.15, 0.2) is 18.6 Å². The number of primary amides is 1. The molecule has 106 valence electrons. The molecule has 8 nitrogen and oxygen atoms in total. The predicted molar refractivity (Wildman–Crippen MR) is 72.2 cm³/mol. The number of hydrogen-bond donors (Lipinski definition) is 2. The average Bonchev–Trinajstić information content (AvgIpc) is 2.93. The van der Waals surface area contributed by atoms with Crippen LogP contribution >= 0.6 is 11.6 Å². The molecular weight excluding hydrogens is 284 g/mol. The Kier molecular flexibility index (Phi) is 4.04. The molecule has 2 rings (SSSR count). The van der Waals surface area contributed by atoms with Gasteiger partial charge in [-0.15, -0.1) is 0 Å². The standard InChI is InChI=1S/C11H13ClN6O2/c1-17-10(11(13)20)8(5-14-17)16-9(19)2-3-18-6-7(12)4-15-18/h4-6H,2-3H2,1H3,(H2,13,20)(H,16,19). The smallest absolute Gasteiger partial charge is 0.269 e. The van der Waals surface area contributed by atoms with E-state index < -0.39 is 5.91 Å². The number of nitrogens with zero attached hydrogens (tertiary/aromatic N) is 4. The normalized spacial score (nSPS) is 10.5. The molecule has 2 aromatic rings. The van der Waals surface area contributed by atoms with Gasteiger partial charge in [-0.2, -0.15) is 10.2 Å². The van der Waals surface area contributed by atoms with Crippen LogP contribution in [-0.2, 0) is 18.4 Å². The fourth-order valence-electron chi connectivity index (χ4n) is 1.71. The van der Waals surface area contributed by atoms with Crippen LogP contribution in [0.3, 0.4) is 0 Å². The molecule has 9 heteroatoms. The van der Waals surface area contributed by atoms with Crippen LogP contribution in [0.4, 0.5) is 5.69 Å². The number of nitrogens with one attached hydrogen (secondary N) is 1. The van der Waals surface area contributed by atoms with Crippen molar-refractivity contribution in [3.05, 3.63) is 29.3 Å². The number of carbonyl (C=O) groups is 2. The van der Waals surface area contributed by atoms with Gasteiger partial charge in [0.05, 0.1) is 23.1 Å². The van der Waals surface area contributed by atoms with Crippen molar-refractivity contribution >= 4 is 29.1 Å². The topological polar surface area (TPSA) is 108 Å². The Balaban J connectivity index is 1.96. The van der Waals surface area contributed by atoms with Gasteiger partial charge < -0.3 is 11.1 Å². The highest BCUT2D eigenvalue weighted by Gasteiger charge is 2.15. The van der Waals surface area contributed by atoms with E-state index in [1.54, 1.807) is 17.9 Å². The molecule has 2 amide bonds. The summed E-state index contributed by atoms with van der Waals surface area (Å²) in [5.41, 5.74) is 5.67. The molecule has 0 atom stereocenters. The van der Waals surface area contributed by atoms with Gasteiger partial charge in [0.2, 0.25) is 5.91 Å². The molecule has 0 fully saturated rings. The molecule has 0 saturated carbocycles. The van der Waals surface area contributed by atoms with Crippen molar-refractivity contribution in [1.29, 1.82) is 0 Å². The van der Waals surface area contributed by atoms with Crippen molar-refractivity contribution in [3.8, 4) is 0 Å². The molecule has 0 aliphatic heterocycles. The molecule has 0 bridgehead atoms. The number of rotatable bonds is 5. The van der Waals surface area contributed by atoms with Crippen LogP contribution in [0.1, 0.15) is 16.9 Å². The summed E-state index contributed by atoms with van der Waals surface area (Å²) in [7, 11) is 1.57. The molecule has 0 radical (unpaired) electrons. The maximum Gasteiger partial charge on any atom is 0.269 e. The molecule has 2 aromatic heterocycles. The fraction of sp³-hybridized carbons (Fsp3) is 0.273. The lowest BCUT2D eigenvalue weighted by atomic mass is 10.3. The van der Waals surface area contributed by atoms with Gasteiger partial charge in [-0.1, -0.05) is 11.6 Å². The minimum Gasteiger partial charge on any atom is -0.364 e. The molecule has 0 aliphatic rings. The summed E-state index contributed by atoms with van der Waals surface area (Å²) in [5, 5.41) is 10.9. The zero-order valence-corrected chi connectivity index (χ0v) is 11.5. The molecule has 0 spiro atoms. The summed E-state index contributed by atoms with van der Waals surface area (Å²) in [6, 6.07) is 0. The molecule has 20 heavy (non-hydrogen) atoms. The number of aromatic nitrogens is 4. The third kappa shape index (κ3) is 3.15. The Morgan fingerprint density at radius 3 is 2.75 bits per heavy atom. The largest absolute Gasteiger partial charge is 0.364 e. The predicted octanol–water partition coefficient (Wildman–Crippen LogP) is 0.398. The number of amides is 2. The van der Waals surface area contributed by atoms with E-state index in [0.29, 0.717) is 17.3 Å². The Morgan fingerprint density at radius 1 is 1.40 bits per heavy atom. The lowest BCUT2D eigenvalue weighted by Crippen LogP contribution is -2.20. The van der Waals surface area contributed by atoms with Crippen molar-refractivity contribution in [2.45, 2.75) is 13.0 Å². The van der Waals surface area contributed by atoms with Gasteiger partial charge in [0.15, 0.2) is 0 Å². The van der Waals surface area contributed by atoms with Gasteiger partial charge in [-0.25, -0.2) is 0 Å². The Morgan fingerprint density at radius 2 is 2.15 bits per heavy atom. The first kappa shape index (κ1) is 14.1. The highest BCUT2D eigenvalue weighted by atomic mass is 35.5. The zero-order valence-electron chi connectivity index (χ0n) is 10.7. The van der Waals surface area contributed by atoms with Crippen molar-refractivity contribution < 1.29 is 9.59 Å². The van der Waals surface area contributed by atoms with Crippen LogP contribution in [0.5, 0.6) is 0 Å². The second-order valence-electron chi connectivity index (χ2n) is 4.11. The van der Waals surface area contributed by atoms with E-state index >= 15 is 0 Å². The van der Waals surface area contributed by atoms with Crippen molar-refractivity contribution in [3.63, 3.8) is 0 Å². The van der Waals surface area contributed by atoms with Gasteiger partial charge in [0, 0.05) is 26.2 Å². The summed E-state index contributed by atoms with van der Waals surface area (Å²) in [6.45, 7) is 0.380. The molecule has 0 aromatic carbocycles. The maximum atomic E-state index is 11.8. The molecule has 3 N–H and O–H groups in total. The zero-order chi connectivity index (χ0) is 14.7. The van der Waals surface area contributed by atoms with E-state index in [2.05, 4.69) is 15.5 Å². The Bertz CT molecular complexity index is 647.